The molecule has 0 radical (unpaired) electrons. The lowest BCUT2D eigenvalue weighted by Crippen LogP contribution is -2.30. The van der Waals surface area contributed by atoms with Crippen molar-refractivity contribution < 1.29 is 35.9 Å². The number of hydrogen-bond donors (Lipinski definition) is 3. The maximum Gasteiger partial charge on any atom is 0.340 e. The van der Waals surface area contributed by atoms with Crippen molar-refractivity contribution in [1.82, 2.24) is 0 Å². The van der Waals surface area contributed by atoms with Gasteiger partial charge in [-0.05, 0) is 80.6 Å². The molecule has 0 unspecified atom stereocenters. The van der Waals surface area contributed by atoms with Gasteiger partial charge in [-0.25, -0.2) is 26.8 Å². The Bertz CT molecular complexity index is 1540. The van der Waals surface area contributed by atoms with E-state index < -0.39 is 38.0 Å². The van der Waals surface area contributed by atoms with Gasteiger partial charge in [0.15, 0.2) is 6.10 Å². The van der Waals surface area contributed by atoms with Crippen LogP contribution in [0.1, 0.15) is 24.2 Å². The van der Waals surface area contributed by atoms with Crippen LogP contribution in [0.4, 0.5) is 11.4 Å². The fourth-order valence-corrected chi connectivity index (χ4v) is 4.87. The molecule has 0 saturated carbocycles. The quantitative estimate of drug-likeness (QED) is 0.306. The van der Waals surface area contributed by atoms with E-state index in [-0.39, 0.29) is 31.8 Å². The first-order chi connectivity index (χ1) is 17.8. The molecule has 0 fully saturated rings. The Morgan fingerprint density at radius 3 is 2.08 bits per heavy atom. The average molecular weight is 582 g/mol. The Kier molecular flexibility index (Phi) is 8.99. The molecule has 0 saturated heterocycles. The summed E-state index contributed by atoms with van der Waals surface area (Å²) in [5.74, 6) is -1.18. The first-order valence-corrected chi connectivity index (χ1v) is 14.4. The number of nitrogens with two attached hydrogens (primary N) is 1. The van der Waals surface area contributed by atoms with Crippen LogP contribution in [0.3, 0.4) is 0 Å². The van der Waals surface area contributed by atoms with Gasteiger partial charge in [0.2, 0.25) is 10.0 Å². The van der Waals surface area contributed by atoms with Crippen LogP contribution in [0.5, 0.6) is 5.75 Å². The molecular weight excluding hydrogens is 558 g/mol. The third-order valence-electron chi connectivity index (χ3n) is 4.99. The molecule has 4 N–H and O–H groups in total. The Morgan fingerprint density at radius 1 is 0.921 bits per heavy atom. The SMILES string of the molecule is CCOc1ccc(NS(=O)(=O)c2ccc(Cl)c(C(=O)O[C@@H](C)C(=O)Nc3ccc(S(N)(=O)=O)cc3)c2)cc1. The van der Waals surface area contributed by atoms with Gasteiger partial charge in [-0.15, -0.1) is 0 Å². The Balaban J connectivity index is 1.70. The number of benzene rings is 3. The van der Waals surface area contributed by atoms with Crippen molar-refractivity contribution in [2.45, 2.75) is 29.7 Å². The van der Waals surface area contributed by atoms with Crippen LogP contribution >= 0.6 is 11.6 Å². The smallest absolute Gasteiger partial charge is 0.340 e. The molecule has 0 aliphatic carbocycles. The van der Waals surface area contributed by atoms with Crippen molar-refractivity contribution >= 4 is 54.9 Å². The zero-order valence-corrected chi connectivity index (χ0v) is 22.6. The second-order valence-corrected chi connectivity index (χ2v) is 11.5. The molecule has 0 aromatic heterocycles. The fraction of sp³-hybridized carbons (Fsp3) is 0.167. The predicted molar refractivity (Wildman–Crippen MR) is 141 cm³/mol. The van der Waals surface area contributed by atoms with E-state index in [1.807, 2.05) is 6.92 Å². The first kappa shape index (κ1) is 28.9. The number of anilines is 2. The summed E-state index contributed by atoms with van der Waals surface area (Å²) < 4.78 is 61.3. The molecule has 1 atom stereocenters. The Morgan fingerprint density at radius 2 is 1.50 bits per heavy atom. The second kappa shape index (κ2) is 11.8. The lowest BCUT2D eigenvalue weighted by atomic mass is 10.2. The lowest BCUT2D eigenvalue weighted by molar-refractivity contribution is -0.123. The molecule has 0 bridgehead atoms. The van der Waals surface area contributed by atoms with Gasteiger partial charge in [0.05, 0.1) is 27.0 Å². The number of sulfonamides is 2. The summed E-state index contributed by atoms with van der Waals surface area (Å²) in [6.07, 6.45) is -1.31. The maximum atomic E-state index is 12.9. The predicted octanol–water partition coefficient (Wildman–Crippen LogP) is 3.37. The number of ether oxygens (including phenoxy) is 2. The van der Waals surface area contributed by atoms with Crippen molar-refractivity contribution in [2.24, 2.45) is 5.14 Å². The minimum atomic E-state index is -4.10. The summed E-state index contributed by atoms with van der Waals surface area (Å²) >= 11 is 6.10. The van der Waals surface area contributed by atoms with Crippen LogP contribution in [0.15, 0.2) is 76.5 Å². The van der Waals surface area contributed by atoms with Gasteiger partial charge in [0, 0.05) is 11.4 Å². The molecule has 3 aromatic rings. The summed E-state index contributed by atoms with van der Waals surface area (Å²) in [5, 5.41) is 7.43. The molecule has 0 heterocycles. The molecule has 202 valence electrons. The second-order valence-electron chi connectivity index (χ2n) is 7.81. The summed E-state index contributed by atoms with van der Waals surface area (Å²) in [6, 6.07) is 14.8. The highest BCUT2D eigenvalue weighted by Crippen LogP contribution is 2.25. The molecule has 14 heteroatoms. The summed E-state index contributed by atoms with van der Waals surface area (Å²) in [4.78, 5) is 24.8. The largest absolute Gasteiger partial charge is 0.494 e. The van der Waals surface area contributed by atoms with Crippen LogP contribution in [0.25, 0.3) is 0 Å². The first-order valence-electron chi connectivity index (χ1n) is 11.0. The van der Waals surface area contributed by atoms with Gasteiger partial charge in [0.25, 0.3) is 15.9 Å². The van der Waals surface area contributed by atoms with Crippen LogP contribution in [0, 0.1) is 0 Å². The minimum absolute atomic E-state index is 0.0822. The van der Waals surface area contributed by atoms with Crippen LogP contribution in [0.2, 0.25) is 5.02 Å². The van der Waals surface area contributed by atoms with Crippen molar-refractivity contribution in [3.8, 4) is 5.75 Å². The van der Waals surface area contributed by atoms with Gasteiger partial charge in [-0.3, -0.25) is 9.52 Å². The number of esters is 1. The number of hydrogen-bond acceptors (Lipinski definition) is 8. The normalized spacial score (nSPS) is 12.3. The van der Waals surface area contributed by atoms with Gasteiger partial charge in [0.1, 0.15) is 5.75 Å². The van der Waals surface area contributed by atoms with Gasteiger partial charge >= 0.3 is 5.97 Å². The molecule has 0 spiro atoms. The Labute approximate surface area is 225 Å². The zero-order valence-electron chi connectivity index (χ0n) is 20.2. The van der Waals surface area contributed by atoms with Gasteiger partial charge < -0.3 is 14.8 Å². The maximum absolute atomic E-state index is 12.9. The molecule has 1 amide bonds. The summed E-state index contributed by atoms with van der Waals surface area (Å²) in [7, 11) is -8.00. The van der Waals surface area contributed by atoms with Gasteiger partial charge in [-0.1, -0.05) is 11.6 Å². The van der Waals surface area contributed by atoms with E-state index in [1.165, 1.54) is 55.5 Å². The molecular formula is C24H24ClN3O8S2. The number of carbonyl (C=O) groups excluding carboxylic acids is 2. The minimum Gasteiger partial charge on any atom is -0.494 e. The Hall–Kier alpha value is -3.65. The summed E-state index contributed by atoms with van der Waals surface area (Å²) in [6.45, 7) is 3.58. The van der Waals surface area contributed by atoms with E-state index >= 15 is 0 Å². The monoisotopic (exact) mass is 581 g/mol. The molecule has 3 aromatic carbocycles. The van der Waals surface area contributed by atoms with Crippen molar-refractivity contribution in [3.05, 3.63) is 77.3 Å². The highest BCUT2D eigenvalue weighted by atomic mass is 35.5. The van der Waals surface area contributed by atoms with E-state index in [0.29, 0.717) is 12.4 Å². The van der Waals surface area contributed by atoms with E-state index in [0.717, 1.165) is 6.07 Å². The van der Waals surface area contributed by atoms with E-state index in [9.17, 15) is 26.4 Å². The van der Waals surface area contributed by atoms with Crippen LogP contribution in [-0.4, -0.2) is 41.4 Å². The third-order valence-corrected chi connectivity index (χ3v) is 7.63. The summed E-state index contributed by atoms with van der Waals surface area (Å²) in [5.41, 5.74) is 0.241. The van der Waals surface area contributed by atoms with E-state index in [4.69, 9.17) is 26.2 Å². The topological polar surface area (TPSA) is 171 Å². The molecule has 38 heavy (non-hydrogen) atoms. The van der Waals surface area contributed by atoms with Crippen LogP contribution in [-0.2, 0) is 29.6 Å². The van der Waals surface area contributed by atoms with Crippen LogP contribution < -0.4 is 19.9 Å². The number of rotatable bonds is 10. The number of primary sulfonamides is 1. The average Bonchev–Trinajstić information content (AvgIpc) is 2.85. The van der Waals surface area contributed by atoms with Crippen molar-refractivity contribution in [2.75, 3.05) is 16.6 Å². The number of halogens is 1. The number of nitrogens with one attached hydrogen (secondary N) is 2. The highest BCUT2D eigenvalue weighted by Gasteiger charge is 2.24. The molecule has 0 aliphatic heterocycles. The molecule has 3 rings (SSSR count). The highest BCUT2D eigenvalue weighted by molar-refractivity contribution is 7.92. The zero-order chi connectivity index (χ0) is 28.1. The third kappa shape index (κ3) is 7.44. The van der Waals surface area contributed by atoms with Crippen molar-refractivity contribution in [1.29, 1.82) is 0 Å². The fourth-order valence-electron chi connectivity index (χ4n) is 3.08. The van der Waals surface area contributed by atoms with E-state index in [2.05, 4.69) is 10.0 Å². The lowest BCUT2D eigenvalue weighted by Gasteiger charge is -2.15. The number of amides is 1. The molecule has 11 nitrogen and oxygen atoms in total. The van der Waals surface area contributed by atoms with Gasteiger partial charge in [-0.2, -0.15) is 0 Å². The number of carbonyl (C=O) groups is 2. The standard InChI is InChI=1S/C24H24ClN3O8S2/c1-3-35-18-8-4-17(5-9-18)28-38(33,34)20-12-13-22(25)21(14-20)24(30)36-15(2)23(29)27-16-6-10-19(11-7-16)37(26,31)32/h4-15,28H,3H2,1-2H3,(H,27,29)(H2,26,31,32)/t15-/m0/s1. The van der Waals surface area contributed by atoms with E-state index in [1.54, 1.807) is 12.1 Å². The van der Waals surface area contributed by atoms with Crippen molar-refractivity contribution in [3.63, 3.8) is 0 Å². The molecule has 0 aliphatic rings.